The highest BCUT2D eigenvalue weighted by molar-refractivity contribution is 6.31. The lowest BCUT2D eigenvalue weighted by molar-refractivity contribution is 0.0821. The zero-order valence-electron chi connectivity index (χ0n) is 21.6. The van der Waals surface area contributed by atoms with Crippen LogP contribution in [0.4, 0.5) is 9.18 Å². The Morgan fingerprint density at radius 1 is 0.897 bits per heavy atom. The minimum Gasteiger partial charge on any atom is -0.321 e. The number of urea groups is 1. The minimum atomic E-state index is -0.253. The molecular formula is C31H30ClFN4O2. The van der Waals surface area contributed by atoms with Gasteiger partial charge in [0.05, 0.1) is 5.52 Å². The highest BCUT2D eigenvalue weighted by Gasteiger charge is 2.34. The van der Waals surface area contributed by atoms with Crippen LogP contribution in [0.5, 0.6) is 0 Å². The number of carbonyl (C=O) groups excluding carboxylic acids is 2. The molecule has 2 aliphatic rings. The molecule has 0 N–H and O–H groups in total. The lowest BCUT2D eigenvalue weighted by Gasteiger charge is -2.33. The molecule has 6 nitrogen and oxygen atoms in total. The summed E-state index contributed by atoms with van der Waals surface area (Å²) in [5, 5.41) is 1.84. The summed E-state index contributed by atoms with van der Waals surface area (Å²) >= 11 is 6.38. The molecule has 0 atom stereocenters. The topological polar surface area (TPSA) is 48.8 Å². The van der Waals surface area contributed by atoms with Crippen LogP contribution in [0.2, 0.25) is 5.02 Å². The monoisotopic (exact) mass is 544 g/mol. The molecule has 0 unspecified atom stereocenters. The van der Waals surface area contributed by atoms with Crippen molar-refractivity contribution in [2.75, 3.05) is 39.3 Å². The number of likely N-dealkylation sites (tertiary alicyclic amines) is 1. The molecule has 0 spiro atoms. The summed E-state index contributed by atoms with van der Waals surface area (Å²) < 4.78 is 15.7. The standard InChI is InChI=1S/C31H30ClFN4O2/c32-24-6-11-29-27(20-24)28(21-37(29)26-9-7-25(33)8-10-26)22-12-14-34(15-13-22)16-17-35-18-19-36(31(35)39)30(38)23-4-2-1-3-5-23/h1-11,20-22H,12-19H2. The third-order valence-corrected chi connectivity index (χ3v) is 8.21. The number of piperidine rings is 1. The number of benzene rings is 3. The zero-order valence-corrected chi connectivity index (χ0v) is 22.4. The molecule has 4 aromatic rings. The molecule has 3 aromatic carbocycles. The molecule has 6 rings (SSSR count). The van der Waals surface area contributed by atoms with E-state index in [2.05, 4.69) is 15.7 Å². The number of hydrogen-bond donors (Lipinski definition) is 0. The van der Waals surface area contributed by atoms with Gasteiger partial charge >= 0.3 is 6.03 Å². The molecule has 0 saturated carbocycles. The maximum atomic E-state index is 13.5. The van der Waals surface area contributed by atoms with Gasteiger partial charge in [-0.15, -0.1) is 0 Å². The molecule has 3 amide bonds. The SMILES string of the molecule is O=C(c1ccccc1)N1CCN(CCN2CCC(c3cn(-c4ccc(F)cc4)c4ccc(Cl)cc34)CC2)C1=O. The number of aromatic nitrogens is 1. The maximum absolute atomic E-state index is 13.5. The Hall–Kier alpha value is -3.68. The van der Waals surface area contributed by atoms with E-state index in [0.29, 0.717) is 36.1 Å². The Morgan fingerprint density at radius 2 is 1.64 bits per heavy atom. The highest BCUT2D eigenvalue weighted by atomic mass is 35.5. The van der Waals surface area contributed by atoms with Crippen LogP contribution in [0.15, 0.2) is 79.0 Å². The van der Waals surface area contributed by atoms with Gasteiger partial charge in [0.25, 0.3) is 5.91 Å². The second kappa shape index (κ2) is 10.8. The fourth-order valence-corrected chi connectivity index (χ4v) is 5.99. The van der Waals surface area contributed by atoms with Crippen molar-refractivity contribution in [2.24, 2.45) is 0 Å². The van der Waals surface area contributed by atoms with E-state index in [1.165, 1.54) is 22.6 Å². The van der Waals surface area contributed by atoms with E-state index in [1.54, 1.807) is 29.2 Å². The van der Waals surface area contributed by atoms with Crippen molar-refractivity contribution in [3.05, 3.63) is 101 Å². The summed E-state index contributed by atoms with van der Waals surface area (Å²) in [7, 11) is 0. The Labute approximate surface area is 232 Å². The van der Waals surface area contributed by atoms with Gasteiger partial charge in [0.2, 0.25) is 0 Å². The smallest absolute Gasteiger partial charge is 0.321 e. The van der Waals surface area contributed by atoms with E-state index in [9.17, 15) is 14.0 Å². The fourth-order valence-electron chi connectivity index (χ4n) is 5.81. The molecule has 0 radical (unpaired) electrons. The minimum absolute atomic E-state index is 0.204. The lowest BCUT2D eigenvalue weighted by Crippen LogP contribution is -2.41. The number of amides is 3. The second-order valence-corrected chi connectivity index (χ2v) is 10.7. The molecular weight excluding hydrogens is 515 g/mol. The van der Waals surface area contributed by atoms with Crippen LogP contribution >= 0.6 is 11.6 Å². The van der Waals surface area contributed by atoms with Crippen LogP contribution in [0, 0.1) is 5.82 Å². The van der Waals surface area contributed by atoms with E-state index < -0.39 is 0 Å². The van der Waals surface area contributed by atoms with Gasteiger partial charge in [-0.2, -0.15) is 0 Å². The molecule has 2 saturated heterocycles. The first kappa shape index (κ1) is 25.6. The van der Waals surface area contributed by atoms with Crippen molar-refractivity contribution in [2.45, 2.75) is 18.8 Å². The summed E-state index contributed by atoms with van der Waals surface area (Å²) in [5.74, 6) is -0.0999. The van der Waals surface area contributed by atoms with E-state index in [0.717, 1.165) is 49.1 Å². The fraction of sp³-hybridized carbons (Fsp3) is 0.290. The normalized spacial score (nSPS) is 16.9. The molecule has 1 aromatic heterocycles. The molecule has 0 bridgehead atoms. The average Bonchev–Trinajstić information content (AvgIpc) is 3.52. The third-order valence-electron chi connectivity index (χ3n) is 7.98. The molecule has 8 heteroatoms. The van der Waals surface area contributed by atoms with Crippen molar-refractivity contribution < 1.29 is 14.0 Å². The number of nitrogens with zero attached hydrogens (tertiary/aromatic N) is 4. The van der Waals surface area contributed by atoms with Crippen molar-refractivity contribution in [3.8, 4) is 5.69 Å². The highest BCUT2D eigenvalue weighted by Crippen LogP contribution is 2.37. The van der Waals surface area contributed by atoms with Gasteiger partial charge < -0.3 is 14.4 Å². The first-order valence-corrected chi connectivity index (χ1v) is 13.8. The van der Waals surface area contributed by atoms with Crippen LogP contribution in [-0.2, 0) is 0 Å². The van der Waals surface area contributed by atoms with Gasteiger partial charge in [0, 0.05) is 54.0 Å². The molecule has 0 aliphatic carbocycles. The lowest BCUT2D eigenvalue weighted by atomic mass is 9.89. The van der Waals surface area contributed by atoms with Crippen molar-refractivity contribution >= 4 is 34.4 Å². The number of halogens is 2. The van der Waals surface area contributed by atoms with E-state index in [-0.39, 0.29) is 17.8 Å². The van der Waals surface area contributed by atoms with E-state index in [4.69, 9.17) is 11.6 Å². The molecule has 2 fully saturated rings. The van der Waals surface area contributed by atoms with Crippen LogP contribution in [0.1, 0.15) is 34.7 Å². The Kier molecular flexibility index (Phi) is 7.11. The molecule has 2 aliphatic heterocycles. The van der Waals surface area contributed by atoms with Gasteiger partial charge in [-0.3, -0.25) is 9.69 Å². The van der Waals surface area contributed by atoms with Crippen molar-refractivity contribution in [1.29, 1.82) is 0 Å². The Bertz CT molecular complexity index is 1500. The van der Waals surface area contributed by atoms with Crippen molar-refractivity contribution in [1.82, 2.24) is 19.3 Å². The number of imide groups is 1. The third kappa shape index (κ3) is 5.16. The molecule has 200 valence electrons. The molecule has 3 heterocycles. The van der Waals surface area contributed by atoms with Gasteiger partial charge in [0.15, 0.2) is 0 Å². The van der Waals surface area contributed by atoms with Crippen LogP contribution in [-0.4, -0.2) is 70.5 Å². The van der Waals surface area contributed by atoms with Crippen LogP contribution in [0.3, 0.4) is 0 Å². The number of carbonyl (C=O) groups is 2. The van der Waals surface area contributed by atoms with Gasteiger partial charge in [0.1, 0.15) is 5.82 Å². The second-order valence-electron chi connectivity index (χ2n) is 10.3. The van der Waals surface area contributed by atoms with E-state index in [1.807, 2.05) is 36.4 Å². The quantitative estimate of drug-likeness (QED) is 0.291. The summed E-state index contributed by atoms with van der Waals surface area (Å²) in [6, 6.07) is 21.3. The summed E-state index contributed by atoms with van der Waals surface area (Å²) in [5.41, 5.74) is 3.78. The number of hydrogen-bond acceptors (Lipinski definition) is 3. The van der Waals surface area contributed by atoms with E-state index >= 15 is 0 Å². The average molecular weight is 545 g/mol. The number of fused-ring (bicyclic) bond motifs is 1. The number of rotatable bonds is 6. The predicted octanol–water partition coefficient (Wildman–Crippen LogP) is 6.18. The van der Waals surface area contributed by atoms with Crippen molar-refractivity contribution in [3.63, 3.8) is 0 Å². The summed E-state index contributed by atoms with van der Waals surface area (Å²) in [4.78, 5) is 31.2. The molecule has 39 heavy (non-hydrogen) atoms. The Balaban J connectivity index is 1.09. The Morgan fingerprint density at radius 3 is 2.38 bits per heavy atom. The largest absolute Gasteiger partial charge is 0.327 e. The van der Waals surface area contributed by atoms with Gasteiger partial charge in [-0.25, -0.2) is 9.18 Å². The first-order chi connectivity index (χ1) is 19.0. The zero-order chi connectivity index (χ0) is 26.9. The van der Waals surface area contributed by atoms with Gasteiger partial charge in [-0.05, 0) is 92.0 Å². The predicted molar refractivity (Wildman–Crippen MR) is 151 cm³/mol. The van der Waals surface area contributed by atoms with Crippen LogP contribution < -0.4 is 0 Å². The van der Waals surface area contributed by atoms with Gasteiger partial charge in [-0.1, -0.05) is 29.8 Å². The summed E-state index contributed by atoms with van der Waals surface area (Å²) in [6.45, 7) is 4.26. The summed E-state index contributed by atoms with van der Waals surface area (Å²) in [6.07, 6.45) is 4.18. The van der Waals surface area contributed by atoms with Crippen LogP contribution in [0.25, 0.3) is 16.6 Å². The maximum Gasteiger partial charge on any atom is 0.327 e. The first-order valence-electron chi connectivity index (χ1n) is 13.4.